The Kier molecular flexibility index (Phi) is 5.51. The molecule has 2 heterocycles. The molecular formula is C20H28FN3OS. The van der Waals surface area contributed by atoms with E-state index in [0.29, 0.717) is 17.2 Å². The highest BCUT2D eigenvalue weighted by Crippen LogP contribution is 2.35. The molecule has 2 aliphatic rings. The Balaban J connectivity index is 1.65. The van der Waals surface area contributed by atoms with Gasteiger partial charge >= 0.3 is 0 Å². The van der Waals surface area contributed by atoms with Crippen molar-refractivity contribution >= 4 is 28.9 Å². The Morgan fingerprint density at radius 1 is 1.15 bits per heavy atom. The number of carbonyl (C=O) groups is 1. The summed E-state index contributed by atoms with van der Waals surface area (Å²) in [5.41, 5.74) is 0.434. The monoisotopic (exact) mass is 377 g/mol. The van der Waals surface area contributed by atoms with Gasteiger partial charge in [0.05, 0.1) is 0 Å². The van der Waals surface area contributed by atoms with Crippen LogP contribution in [-0.4, -0.2) is 34.0 Å². The maximum atomic E-state index is 13.1. The van der Waals surface area contributed by atoms with Crippen molar-refractivity contribution in [3.05, 3.63) is 30.1 Å². The SMILES string of the molecule is CC(C)(C)C(=O)NC1C[C@@H]2CCC[C@@H](C1)N2C(=S)Nc1ccc(F)cc1. The second-order valence-corrected chi connectivity index (χ2v) is 8.86. The third-order valence-electron chi connectivity index (χ3n) is 5.32. The zero-order valence-electron chi connectivity index (χ0n) is 15.7. The van der Waals surface area contributed by atoms with E-state index in [4.69, 9.17) is 12.2 Å². The van der Waals surface area contributed by atoms with E-state index in [1.807, 2.05) is 20.8 Å². The van der Waals surface area contributed by atoms with Crippen molar-refractivity contribution in [3.63, 3.8) is 0 Å². The van der Waals surface area contributed by atoms with Crippen LogP contribution in [0.15, 0.2) is 24.3 Å². The summed E-state index contributed by atoms with van der Waals surface area (Å²) in [5.74, 6) is -0.144. The smallest absolute Gasteiger partial charge is 0.225 e. The zero-order chi connectivity index (χ0) is 18.9. The van der Waals surface area contributed by atoms with Crippen LogP contribution >= 0.6 is 12.2 Å². The van der Waals surface area contributed by atoms with E-state index in [0.717, 1.165) is 31.4 Å². The lowest BCUT2D eigenvalue weighted by molar-refractivity contribution is -0.129. The Labute approximate surface area is 160 Å². The molecule has 2 N–H and O–H groups in total. The van der Waals surface area contributed by atoms with Crippen LogP contribution in [0.2, 0.25) is 0 Å². The van der Waals surface area contributed by atoms with Crippen molar-refractivity contribution in [1.82, 2.24) is 10.2 Å². The minimum absolute atomic E-state index is 0.112. The lowest BCUT2D eigenvalue weighted by atomic mass is 9.81. The second kappa shape index (κ2) is 7.51. The van der Waals surface area contributed by atoms with Gasteiger partial charge in [-0.2, -0.15) is 0 Å². The molecule has 1 aromatic rings. The molecular weight excluding hydrogens is 349 g/mol. The van der Waals surface area contributed by atoms with Crippen LogP contribution in [0, 0.1) is 11.2 Å². The molecule has 1 aromatic carbocycles. The molecule has 0 aliphatic carbocycles. The average molecular weight is 378 g/mol. The van der Waals surface area contributed by atoms with E-state index in [9.17, 15) is 9.18 Å². The number of halogens is 1. The van der Waals surface area contributed by atoms with Gasteiger partial charge in [0.25, 0.3) is 0 Å². The molecule has 2 atom stereocenters. The molecule has 2 bridgehead atoms. The van der Waals surface area contributed by atoms with Crippen LogP contribution in [0.5, 0.6) is 0 Å². The van der Waals surface area contributed by atoms with E-state index in [1.165, 1.54) is 18.6 Å². The van der Waals surface area contributed by atoms with Crippen LogP contribution in [0.25, 0.3) is 0 Å². The molecule has 0 spiro atoms. The minimum atomic E-state index is -0.369. The van der Waals surface area contributed by atoms with Crippen molar-refractivity contribution in [2.75, 3.05) is 5.32 Å². The summed E-state index contributed by atoms with van der Waals surface area (Å²) in [6.45, 7) is 5.83. The largest absolute Gasteiger partial charge is 0.353 e. The zero-order valence-corrected chi connectivity index (χ0v) is 16.5. The number of hydrogen-bond acceptors (Lipinski definition) is 2. The molecule has 2 aliphatic heterocycles. The molecule has 4 nitrogen and oxygen atoms in total. The van der Waals surface area contributed by atoms with Crippen molar-refractivity contribution in [2.45, 2.75) is 71.0 Å². The van der Waals surface area contributed by atoms with Gasteiger partial charge in [-0.15, -0.1) is 0 Å². The first kappa shape index (κ1) is 19.1. The molecule has 2 fully saturated rings. The Bertz CT molecular complexity index is 657. The van der Waals surface area contributed by atoms with E-state index in [1.54, 1.807) is 12.1 Å². The highest BCUT2D eigenvalue weighted by Gasteiger charge is 2.40. The standard InChI is InChI=1S/C20H28FN3OS/c1-20(2,3)18(25)22-15-11-16-5-4-6-17(12-15)24(16)19(26)23-14-9-7-13(21)8-10-14/h7-10,15-17H,4-6,11-12H2,1-3H3,(H,22,25)(H,23,26)/t16-,17-/m0/s1. The van der Waals surface area contributed by atoms with Crippen LogP contribution in [0.4, 0.5) is 10.1 Å². The maximum absolute atomic E-state index is 13.1. The highest BCUT2D eigenvalue weighted by atomic mass is 32.1. The number of rotatable bonds is 2. The summed E-state index contributed by atoms with van der Waals surface area (Å²) in [5, 5.41) is 7.18. The first-order valence-electron chi connectivity index (χ1n) is 9.40. The Hall–Kier alpha value is -1.69. The van der Waals surface area contributed by atoms with Gasteiger partial charge in [0.15, 0.2) is 5.11 Å². The number of piperidine rings is 2. The predicted molar refractivity (Wildman–Crippen MR) is 107 cm³/mol. The lowest BCUT2D eigenvalue weighted by Crippen LogP contribution is -2.60. The molecule has 0 radical (unpaired) electrons. The number of amides is 1. The normalized spacial score (nSPS) is 25.5. The Morgan fingerprint density at radius 2 is 1.73 bits per heavy atom. The summed E-state index contributed by atoms with van der Waals surface area (Å²) in [6.07, 6.45) is 5.21. The van der Waals surface area contributed by atoms with E-state index in [-0.39, 0.29) is 23.2 Å². The summed E-state index contributed by atoms with van der Waals surface area (Å²) in [4.78, 5) is 14.7. The predicted octanol–water partition coefficient (Wildman–Crippen LogP) is 4.07. The number of nitrogens with one attached hydrogen (secondary N) is 2. The van der Waals surface area contributed by atoms with Crippen molar-refractivity contribution in [1.29, 1.82) is 0 Å². The quantitative estimate of drug-likeness (QED) is 0.763. The van der Waals surface area contributed by atoms with Gasteiger partial charge in [-0.1, -0.05) is 20.8 Å². The Morgan fingerprint density at radius 3 is 2.27 bits per heavy atom. The minimum Gasteiger partial charge on any atom is -0.353 e. The van der Waals surface area contributed by atoms with Gasteiger partial charge in [-0.3, -0.25) is 4.79 Å². The van der Waals surface area contributed by atoms with Crippen LogP contribution in [-0.2, 0) is 4.79 Å². The molecule has 2 saturated heterocycles. The number of anilines is 1. The number of carbonyl (C=O) groups excluding carboxylic acids is 1. The third kappa shape index (κ3) is 4.34. The summed E-state index contributed by atoms with van der Waals surface area (Å²) in [7, 11) is 0. The van der Waals surface area contributed by atoms with Crippen molar-refractivity contribution in [2.24, 2.45) is 5.41 Å². The van der Waals surface area contributed by atoms with Crippen LogP contribution in [0.1, 0.15) is 52.9 Å². The second-order valence-electron chi connectivity index (χ2n) is 8.47. The van der Waals surface area contributed by atoms with Gasteiger partial charge in [-0.05, 0) is 68.6 Å². The average Bonchev–Trinajstić information content (AvgIpc) is 2.55. The number of thiocarbonyl (C=S) groups is 1. The highest BCUT2D eigenvalue weighted by molar-refractivity contribution is 7.80. The molecule has 0 unspecified atom stereocenters. The summed E-state index contributed by atoms with van der Waals surface area (Å²) >= 11 is 5.66. The fraction of sp³-hybridized carbons (Fsp3) is 0.600. The van der Waals surface area contributed by atoms with Crippen molar-refractivity contribution in [3.8, 4) is 0 Å². The van der Waals surface area contributed by atoms with Crippen LogP contribution < -0.4 is 10.6 Å². The summed E-state index contributed by atoms with van der Waals surface area (Å²) < 4.78 is 13.1. The van der Waals surface area contributed by atoms with Gasteiger partial charge < -0.3 is 15.5 Å². The van der Waals surface area contributed by atoms with Gasteiger partial charge in [-0.25, -0.2) is 4.39 Å². The third-order valence-corrected chi connectivity index (χ3v) is 5.63. The summed E-state index contributed by atoms with van der Waals surface area (Å²) in [6, 6.07) is 7.16. The van der Waals surface area contributed by atoms with E-state index >= 15 is 0 Å². The molecule has 1 amide bonds. The topological polar surface area (TPSA) is 44.4 Å². The molecule has 3 rings (SSSR count). The number of nitrogens with zero attached hydrogens (tertiary/aromatic N) is 1. The van der Waals surface area contributed by atoms with E-state index < -0.39 is 0 Å². The fourth-order valence-electron chi connectivity index (χ4n) is 3.95. The van der Waals surface area contributed by atoms with E-state index in [2.05, 4.69) is 15.5 Å². The van der Waals surface area contributed by atoms with Gasteiger partial charge in [0.2, 0.25) is 5.91 Å². The first-order valence-corrected chi connectivity index (χ1v) is 9.81. The molecule has 0 aromatic heterocycles. The lowest BCUT2D eigenvalue weighted by Gasteiger charge is -2.50. The maximum Gasteiger partial charge on any atom is 0.225 e. The molecule has 26 heavy (non-hydrogen) atoms. The molecule has 0 saturated carbocycles. The number of fused-ring (bicyclic) bond motifs is 2. The van der Waals surface area contributed by atoms with Crippen molar-refractivity contribution < 1.29 is 9.18 Å². The fourth-order valence-corrected chi connectivity index (χ4v) is 4.37. The van der Waals surface area contributed by atoms with Crippen LogP contribution in [0.3, 0.4) is 0 Å². The molecule has 6 heteroatoms. The van der Waals surface area contributed by atoms with Gasteiger partial charge in [0, 0.05) is 29.2 Å². The van der Waals surface area contributed by atoms with Gasteiger partial charge in [0.1, 0.15) is 5.82 Å². The molecule has 142 valence electrons. The number of hydrogen-bond donors (Lipinski definition) is 2. The first-order chi connectivity index (χ1) is 12.2. The number of benzene rings is 1.